The molecule has 0 bridgehead atoms. The number of anilines is 2. The van der Waals surface area contributed by atoms with Crippen LogP contribution in [-0.4, -0.2) is 28.3 Å². The lowest BCUT2D eigenvalue weighted by atomic mass is 10.1. The van der Waals surface area contributed by atoms with Gasteiger partial charge in [-0.25, -0.2) is 4.79 Å². The van der Waals surface area contributed by atoms with E-state index in [4.69, 9.17) is 0 Å². The Kier molecular flexibility index (Phi) is 5.68. The van der Waals surface area contributed by atoms with E-state index < -0.39 is 52.6 Å². The molecule has 0 fully saturated rings. The third-order valence-electron chi connectivity index (χ3n) is 4.66. The van der Waals surface area contributed by atoms with Crippen LogP contribution in [0.2, 0.25) is 0 Å². The van der Waals surface area contributed by atoms with Gasteiger partial charge in [-0.15, -0.1) is 0 Å². The lowest BCUT2D eigenvalue weighted by molar-refractivity contribution is -0.143. The first-order valence-electron chi connectivity index (χ1n) is 9.39. The minimum absolute atomic E-state index is 0.00570. The Labute approximate surface area is 183 Å². The van der Waals surface area contributed by atoms with Gasteiger partial charge in [-0.1, -0.05) is 0 Å². The van der Waals surface area contributed by atoms with Crippen molar-refractivity contribution in [3.8, 4) is 0 Å². The molecule has 0 spiro atoms. The number of nitrogens with one attached hydrogen (secondary N) is 2. The second-order valence-electron chi connectivity index (χ2n) is 8.25. The van der Waals surface area contributed by atoms with E-state index in [1.165, 1.54) is 18.2 Å². The van der Waals surface area contributed by atoms with Crippen molar-refractivity contribution < 1.29 is 40.7 Å². The molecule has 12 heteroatoms. The molecule has 0 aliphatic carbocycles. The van der Waals surface area contributed by atoms with E-state index in [1.807, 2.05) is 5.32 Å². The number of benzene rings is 2. The number of fused-ring (bicyclic) bond motifs is 1. The molecule has 1 heterocycles. The Morgan fingerprint density at radius 3 is 1.70 bits per heavy atom. The van der Waals surface area contributed by atoms with Crippen molar-refractivity contribution in [2.75, 3.05) is 10.6 Å². The van der Waals surface area contributed by atoms with Crippen molar-refractivity contribution in [2.45, 2.75) is 38.7 Å². The average molecular weight is 473 g/mol. The Hall–Kier alpha value is -3.57. The van der Waals surface area contributed by atoms with Gasteiger partial charge in [0, 0.05) is 16.9 Å². The quantitative estimate of drug-likeness (QED) is 0.430. The van der Waals surface area contributed by atoms with Gasteiger partial charge >= 0.3 is 18.4 Å². The van der Waals surface area contributed by atoms with E-state index in [-0.39, 0.29) is 22.9 Å². The third kappa shape index (κ3) is 4.94. The van der Waals surface area contributed by atoms with E-state index in [0.717, 1.165) is 4.90 Å². The van der Waals surface area contributed by atoms with E-state index in [2.05, 4.69) is 5.32 Å². The maximum absolute atomic E-state index is 13.0. The molecule has 3 rings (SSSR count). The van der Waals surface area contributed by atoms with Crippen LogP contribution in [0.1, 0.15) is 52.6 Å². The van der Waals surface area contributed by atoms with Crippen LogP contribution >= 0.6 is 0 Å². The summed E-state index contributed by atoms with van der Waals surface area (Å²) in [6.45, 7) is 4.97. The summed E-state index contributed by atoms with van der Waals surface area (Å²) in [6.07, 6.45) is -10.1. The van der Waals surface area contributed by atoms with Crippen molar-refractivity contribution in [1.82, 2.24) is 4.90 Å². The zero-order valence-electron chi connectivity index (χ0n) is 17.4. The Morgan fingerprint density at radius 2 is 1.21 bits per heavy atom. The molecule has 0 unspecified atom stereocenters. The fourth-order valence-corrected chi connectivity index (χ4v) is 3.25. The van der Waals surface area contributed by atoms with Crippen molar-refractivity contribution >= 4 is 29.2 Å². The lowest BCUT2D eigenvalue weighted by Gasteiger charge is -2.29. The molecule has 1 aliphatic heterocycles. The van der Waals surface area contributed by atoms with Crippen LogP contribution in [0.4, 0.5) is 42.5 Å². The van der Waals surface area contributed by atoms with E-state index in [1.54, 1.807) is 20.8 Å². The summed E-state index contributed by atoms with van der Waals surface area (Å²) >= 11 is 0. The van der Waals surface area contributed by atoms with Crippen LogP contribution in [0.5, 0.6) is 0 Å². The largest absolute Gasteiger partial charge is 0.416 e. The van der Waals surface area contributed by atoms with Gasteiger partial charge in [-0.05, 0) is 57.2 Å². The molecule has 1 aliphatic rings. The number of alkyl halides is 6. The number of hydrogen-bond donors (Lipinski definition) is 2. The number of urea groups is 1. The molecule has 6 nitrogen and oxygen atoms in total. The van der Waals surface area contributed by atoms with E-state index in [9.17, 15) is 40.7 Å². The molecule has 33 heavy (non-hydrogen) atoms. The number of rotatable bonds is 2. The molecule has 2 N–H and O–H groups in total. The molecule has 176 valence electrons. The first-order chi connectivity index (χ1) is 15.0. The molecular formula is C21H17F6N3O3. The summed E-state index contributed by atoms with van der Waals surface area (Å²) in [5, 5.41) is 4.15. The monoisotopic (exact) mass is 473 g/mol. The molecular weight excluding hydrogens is 456 g/mol. The fraction of sp³-hybridized carbons (Fsp3) is 0.286. The molecule has 0 saturated heterocycles. The van der Waals surface area contributed by atoms with Crippen LogP contribution in [0, 0.1) is 0 Å². The van der Waals surface area contributed by atoms with Gasteiger partial charge in [0.15, 0.2) is 0 Å². The van der Waals surface area contributed by atoms with Crippen molar-refractivity contribution in [1.29, 1.82) is 0 Å². The SMILES string of the molecule is CC(C)(C)N1C(=O)c2ccc(NC(=O)Nc3cc(C(F)(F)F)cc(C(F)(F)F)c3)cc2C1=O. The van der Waals surface area contributed by atoms with Gasteiger partial charge in [0.1, 0.15) is 0 Å². The summed E-state index contributed by atoms with van der Waals surface area (Å²) in [5.74, 6) is -1.12. The van der Waals surface area contributed by atoms with Crippen LogP contribution in [0.3, 0.4) is 0 Å². The van der Waals surface area contributed by atoms with E-state index >= 15 is 0 Å². The number of amides is 4. The molecule has 0 radical (unpaired) electrons. The predicted molar refractivity (Wildman–Crippen MR) is 106 cm³/mol. The zero-order chi connectivity index (χ0) is 24.9. The lowest BCUT2D eigenvalue weighted by Crippen LogP contribution is -2.45. The van der Waals surface area contributed by atoms with Crippen molar-refractivity contribution in [3.63, 3.8) is 0 Å². The third-order valence-corrected chi connectivity index (χ3v) is 4.66. The van der Waals surface area contributed by atoms with E-state index in [0.29, 0.717) is 12.1 Å². The minimum atomic E-state index is -5.07. The highest BCUT2D eigenvalue weighted by atomic mass is 19.4. The topological polar surface area (TPSA) is 78.5 Å². The summed E-state index contributed by atoms with van der Waals surface area (Å²) in [4.78, 5) is 38.4. The maximum Gasteiger partial charge on any atom is 0.416 e. The first-order valence-corrected chi connectivity index (χ1v) is 9.39. The Morgan fingerprint density at radius 1 is 0.727 bits per heavy atom. The second-order valence-corrected chi connectivity index (χ2v) is 8.25. The molecule has 0 atom stereocenters. The van der Waals surface area contributed by atoms with Gasteiger partial charge < -0.3 is 10.6 Å². The number of halogens is 6. The Balaban J connectivity index is 1.84. The summed E-state index contributed by atoms with van der Waals surface area (Å²) in [5.41, 5.74) is -4.60. The predicted octanol–water partition coefficient (Wildman–Crippen LogP) is 5.76. The van der Waals surface area contributed by atoms with Gasteiger partial charge in [-0.2, -0.15) is 26.3 Å². The molecule has 4 amide bonds. The number of hydrogen-bond acceptors (Lipinski definition) is 3. The maximum atomic E-state index is 13.0. The number of carbonyl (C=O) groups excluding carboxylic acids is 3. The molecule has 0 saturated carbocycles. The molecule has 0 aromatic heterocycles. The van der Waals surface area contributed by atoms with Crippen molar-refractivity contribution in [2.24, 2.45) is 0 Å². The zero-order valence-corrected chi connectivity index (χ0v) is 17.4. The fourth-order valence-electron chi connectivity index (χ4n) is 3.25. The van der Waals surface area contributed by atoms with Crippen LogP contribution < -0.4 is 10.6 Å². The highest BCUT2D eigenvalue weighted by Gasteiger charge is 2.42. The number of carbonyl (C=O) groups is 3. The Bertz CT molecular complexity index is 1120. The summed E-state index contributed by atoms with van der Waals surface area (Å²) < 4.78 is 77.8. The van der Waals surface area contributed by atoms with Gasteiger partial charge in [0.25, 0.3) is 11.8 Å². The van der Waals surface area contributed by atoms with Gasteiger partial charge in [-0.3, -0.25) is 14.5 Å². The molecule has 2 aromatic rings. The van der Waals surface area contributed by atoms with Gasteiger partial charge in [0.2, 0.25) is 0 Å². The number of imide groups is 1. The van der Waals surface area contributed by atoms with Gasteiger partial charge in [0.05, 0.1) is 22.3 Å². The first kappa shape index (κ1) is 24.1. The standard InChI is InChI=1S/C21H17F6N3O3/c1-19(2,3)30-16(31)14-5-4-12(9-15(14)17(30)32)28-18(33)29-13-7-10(20(22,23)24)6-11(8-13)21(25,26)27/h4-9H,1-3H3,(H2,28,29,33). The molecule has 2 aromatic carbocycles. The average Bonchev–Trinajstić information content (AvgIpc) is 2.90. The normalized spacial score (nSPS) is 14.4. The summed E-state index contributed by atoms with van der Waals surface area (Å²) in [7, 11) is 0. The minimum Gasteiger partial charge on any atom is -0.308 e. The highest BCUT2D eigenvalue weighted by molar-refractivity contribution is 6.22. The second kappa shape index (κ2) is 7.78. The van der Waals surface area contributed by atoms with Crippen LogP contribution in [-0.2, 0) is 12.4 Å². The summed E-state index contributed by atoms with van der Waals surface area (Å²) in [6, 6.07) is 3.29. The van der Waals surface area contributed by atoms with Crippen LogP contribution in [0.15, 0.2) is 36.4 Å². The van der Waals surface area contributed by atoms with Crippen molar-refractivity contribution in [3.05, 3.63) is 58.7 Å². The smallest absolute Gasteiger partial charge is 0.308 e. The number of nitrogens with zero attached hydrogens (tertiary/aromatic N) is 1. The highest BCUT2D eigenvalue weighted by Crippen LogP contribution is 2.37. The van der Waals surface area contributed by atoms with Crippen LogP contribution in [0.25, 0.3) is 0 Å².